The van der Waals surface area contributed by atoms with Crippen LogP contribution in [0.5, 0.6) is 0 Å². The Hall–Kier alpha value is -1.09. The number of aliphatic hydroxyl groups is 1. The Kier molecular flexibility index (Phi) is 3.92. The molecule has 1 rings (SSSR count). The van der Waals surface area contributed by atoms with E-state index in [4.69, 9.17) is 0 Å². The third kappa shape index (κ3) is 3.81. The molecule has 0 saturated heterocycles. The van der Waals surface area contributed by atoms with E-state index in [0.29, 0.717) is 5.69 Å². The second-order valence-corrected chi connectivity index (χ2v) is 5.53. The predicted octanol–water partition coefficient (Wildman–Crippen LogP) is 2.62. The van der Waals surface area contributed by atoms with Crippen LogP contribution >= 0.6 is 0 Å². The van der Waals surface area contributed by atoms with Crippen LogP contribution in [0.15, 0.2) is 18.3 Å². The first kappa shape index (κ1) is 13.0. The fraction of sp³-hybridized carbons (Fsp3) is 0.615. The highest BCUT2D eigenvalue weighted by Gasteiger charge is 2.14. The highest BCUT2D eigenvalue weighted by Crippen LogP contribution is 2.20. The first-order valence-electron chi connectivity index (χ1n) is 5.65. The molecule has 0 radical (unpaired) electrons. The summed E-state index contributed by atoms with van der Waals surface area (Å²) < 4.78 is 0. The van der Waals surface area contributed by atoms with Crippen LogP contribution in [0.1, 0.15) is 39.5 Å². The number of anilines is 1. The molecule has 0 unspecified atom stereocenters. The number of nitrogens with zero attached hydrogens (tertiary/aromatic N) is 2. The normalized spacial score (nSPS) is 13.6. The van der Waals surface area contributed by atoms with Crippen molar-refractivity contribution in [1.29, 1.82) is 0 Å². The maximum Gasteiger partial charge on any atom is 0.0931 e. The first-order valence-corrected chi connectivity index (χ1v) is 5.65. The molecule has 0 fully saturated rings. The summed E-state index contributed by atoms with van der Waals surface area (Å²) in [6, 6.07) is 3.87. The largest absolute Gasteiger partial charge is 0.387 e. The topological polar surface area (TPSA) is 36.4 Å². The van der Waals surface area contributed by atoms with Crippen molar-refractivity contribution in [3.8, 4) is 0 Å². The standard InChI is InChI=1S/C13H22N2O/c1-10(16)12-7-6-11(8-14-12)15(5)9-13(2,3)4/h6-8,10,16H,9H2,1-5H3/t10-/m0/s1. The molecule has 0 aromatic carbocycles. The van der Waals surface area contributed by atoms with Gasteiger partial charge in [0.05, 0.1) is 23.7 Å². The van der Waals surface area contributed by atoms with Crippen LogP contribution in [0.2, 0.25) is 0 Å². The maximum atomic E-state index is 9.36. The quantitative estimate of drug-likeness (QED) is 0.854. The van der Waals surface area contributed by atoms with E-state index in [-0.39, 0.29) is 5.41 Å². The molecule has 1 aromatic heterocycles. The average Bonchev–Trinajstić information content (AvgIpc) is 2.15. The van der Waals surface area contributed by atoms with Gasteiger partial charge in [0.25, 0.3) is 0 Å². The first-order chi connectivity index (χ1) is 7.29. The molecule has 1 atom stereocenters. The van der Waals surface area contributed by atoms with E-state index < -0.39 is 6.10 Å². The van der Waals surface area contributed by atoms with E-state index >= 15 is 0 Å². The molecule has 0 aliphatic rings. The van der Waals surface area contributed by atoms with Crippen LogP contribution in [0.3, 0.4) is 0 Å². The molecule has 1 aromatic rings. The molecule has 1 heterocycles. The molecule has 0 aliphatic carbocycles. The molecule has 90 valence electrons. The van der Waals surface area contributed by atoms with E-state index in [1.54, 1.807) is 6.92 Å². The van der Waals surface area contributed by atoms with Gasteiger partial charge in [-0.15, -0.1) is 0 Å². The number of hydrogen-bond acceptors (Lipinski definition) is 3. The summed E-state index contributed by atoms with van der Waals surface area (Å²) in [6.45, 7) is 9.33. The van der Waals surface area contributed by atoms with Gasteiger partial charge in [0.15, 0.2) is 0 Å². The number of rotatable bonds is 3. The van der Waals surface area contributed by atoms with Gasteiger partial charge >= 0.3 is 0 Å². The van der Waals surface area contributed by atoms with Gasteiger partial charge in [-0.05, 0) is 24.5 Å². The zero-order chi connectivity index (χ0) is 12.3. The third-order valence-corrected chi connectivity index (χ3v) is 2.35. The Labute approximate surface area is 98.1 Å². The van der Waals surface area contributed by atoms with Gasteiger partial charge in [-0.1, -0.05) is 20.8 Å². The molecule has 0 aliphatic heterocycles. The van der Waals surface area contributed by atoms with Crippen LogP contribution in [0.4, 0.5) is 5.69 Å². The Morgan fingerprint density at radius 3 is 2.38 bits per heavy atom. The highest BCUT2D eigenvalue weighted by atomic mass is 16.3. The molecule has 0 saturated carbocycles. The van der Waals surface area contributed by atoms with Gasteiger partial charge in [0.1, 0.15) is 0 Å². The van der Waals surface area contributed by atoms with Crippen LogP contribution in [-0.4, -0.2) is 23.7 Å². The van der Waals surface area contributed by atoms with E-state index in [1.807, 2.05) is 18.3 Å². The predicted molar refractivity (Wildman–Crippen MR) is 67.6 cm³/mol. The lowest BCUT2D eigenvalue weighted by Gasteiger charge is -2.28. The van der Waals surface area contributed by atoms with Crippen molar-refractivity contribution < 1.29 is 5.11 Å². The molecule has 0 amide bonds. The Morgan fingerprint density at radius 2 is 2.00 bits per heavy atom. The summed E-state index contributed by atoms with van der Waals surface area (Å²) in [4.78, 5) is 6.42. The molecular weight excluding hydrogens is 200 g/mol. The van der Waals surface area contributed by atoms with Crippen molar-refractivity contribution >= 4 is 5.69 Å². The van der Waals surface area contributed by atoms with Crippen LogP contribution in [0.25, 0.3) is 0 Å². The van der Waals surface area contributed by atoms with Crippen molar-refractivity contribution in [2.24, 2.45) is 5.41 Å². The Morgan fingerprint density at radius 1 is 1.38 bits per heavy atom. The average molecular weight is 222 g/mol. The second-order valence-electron chi connectivity index (χ2n) is 5.53. The summed E-state index contributed by atoms with van der Waals surface area (Å²) in [6.07, 6.45) is 1.32. The fourth-order valence-corrected chi connectivity index (χ4v) is 1.67. The number of pyridine rings is 1. The minimum atomic E-state index is -0.498. The third-order valence-electron chi connectivity index (χ3n) is 2.35. The van der Waals surface area contributed by atoms with E-state index in [0.717, 1.165) is 12.2 Å². The minimum Gasteiger partial charge on any atom is -0.387 e. The van der Waals surface area contributed by atoms with Gasteiger partial charge < -0.3 is 10.0 Å². The van der Waals surface area contributed by atoms with Crippen LogP contribution in [0, 0.1) is 5.41 Å². The van der Waals surface area contributed by atoms with Crippen molar-refractivity contribution in [3.63, 3.8) is 0 Å². The summed E-state index contributed by atoms with van der Waals surface area (Å²) >= 11 is 0. The van der Waals surface area contributed by atoms with Gasteiger partial charge in [0, 0.05) is 13.6 Å². The van der Waals surface area contributed by atoms with Crippen LogP contribution in [-0.2, 0) is 0 Å². The van der Waals surface area contributed by atoms with Crippen molar-refractivity contribution in [3.05, 3.63) is 24.0 Å². The van der Waals surface area contributed by atoms with E-state index in [1.165, 1.54) is 0 Å². The van der Waals surface area contributed by atoms with Crippen molar-refractivity contribution in [2.45, 2.75) is 33.8 Å². The molecule has 16 heavy (non-hydrogen) atoms. The smallest absolute Gasteiger partial charge is 0.0931 e. The zero-order valence-corrected chi connectivity index (χ0v) is 10.9. The maximum absolute atomic E-state index is 9.36. The summed E-state index contributed by atoms with van der Waals surface area (Å²) in [5.74, 6) is 0. The van der Waals surface area contributed by atoms with E-state index in [2.05, 4.69) is 37.7 Å². The number of hydrogen-bond donors (Lipinski definition) is 1. The Bertz CT molecular complexity index is 325. The molecule has 0 bridgehead atoms. The SMILES string of the molecule is C[C@H](O)c1ccc(N(C)CC(C)(C)C)cn1. The minimum absolute atomic E-state index is 0.262. The number of aromatic nitrogens is 1. The van der Waals surface area contributed by atoms with Gasteiger partial charge in [-0.2, -0.15) is 0 Å². The van der Waals surface area contributed by atoms with Gasteiger partial charge in [-0.3, -0.25) is 4.98 Å². The van der Waals surface area contributed by atoms with E-state index in [9.17, 15) is 5.11 Å². The van der Waals surface area contributed by atoms with Crippen molar-refractivity contribution in [2.75, 3.05) is 18.5 Å². The highest BCUT2D eigenvalue weighted by molar-refractivity contribution is 5.44. The molecule has 3 nitrogen and oxygen atoms in total. The molecule has 1 N–H and O–H groups in total. The molecular formula is C13H22N2O. The zero-order valence-electron chi connectivity index (χ0n) is 10.9. The van der Waals surface area contributed by atoms with Crippen molar-refractivity contribution in [1.82, 2.24) is 4.98 Å². The Balaban J connectivity index is 2.74. The number of aliphatic hydroxyl groups excluding tert-OH is 1. The lowest BCUT2D eigenvalue weighted by molar-refractivity contribution is 0.194. The molecule has 0 spiro atoms. The summed E-state index contributed by atoms with van der Waals surface area (Å²) in [5, 5.41) is 9.36. The van der Waals surface area contributed by atoms with Gasteiger partial charge in [0.2, 0.25) is 0 Å². The monoisotopic (exact) mass is 222 g/mol. The lowest BCUT2D eigenvalue weighted by Crippen LogP contribution is -2.29. The summed E-state index contributed by atoms with van der Waals surface area (Å²) in [5.41, 5.74) is 2.06. The van der Waals surface area contributed by atoms with Gasteiger partial charge in [-0.25, -0.2) is 0 Å². The van der Waals surface area contributed by atoms with Crippen LogP contribution < -0.4 is 4.90 Å². The molecule has 3 heteroatoms. The second kappa shape index (κ2) is 4.83. The fourth-order valence-electron chi connectivity index (χ4n) is 1.67. The summed E-state index contributed by atoms with van der Waals surface area (Å²) in [7, 11) is 2.06. The lowest BCUT2D eigenvalue weighted by atomic mass is 9.96.